The maximum Gasteiger partial charge on any atom is 0.255 e. The van der Waals surface area contributed by atoms with Gasteiger partial charge in [-0.1, -0.05) is 36.2 Å². The number of methoxy groups -OCH3 is 1. The van der Waals surface area contributed by atoms with Crippen molar-refractivity contribution in [3.05, 3.63) is 40.2 Å². The fourth-order valence-corrected chi connectivity index (χ4v) is 2.13. The van der Waals surface area contributed by atoms with Crippen LogP contribution in [0.5, 0.6) is 5.75 Å². The molecule has 0 aliphatic carbocycles. The molecule has 0 spiro atoms. The Morgan fingerprint density at radius 1 is 1.41 bits per heavy atom. The Kier molecular flexibility index (Phi) is 7.35. The van der Waals surface area contributed by atoms with E-state index < -0.39 is 11.7 Å². The molecular formula is C15H17Cl2FN2O2. The van der Waals surface area contributed by atoms with Crippen LogP contribution in [0.25, 0.3) is 0 Å². The summed E-state index contributed by atoms with van der Waals surface area (Å²) < 4.78 is 18.4. The predicted molar refractivity (Wildman–Crippen MR) is 87.2 cm³/mol. The fourth-order valence-electron chi connectivity index (χ4n) is 1.71. The molecule has 1 amide bonds. The summed E-state index contributed by atoms with van der Waals surface area (Å²) in [5.41, 5.74) is 0.713. The molecule has 0 aromatic heterocycles. The molecule has 1 aromatic rings. The molecule has 0 atom stereocenters. The molecule has 0 unspecified atom stereocenters. The van der Waals surface area contributed by atoms with Crippen molar-refractivity contribution >= 4 is 34.3 Å². The van der Waals surface area contributed by atoms with Gasteiger partial charge < -0.3 is 10.1 Å². The molecule has 0 aliphatic rings. The van der Waals surface area contributed by atoms with Crippen LogP contribution in [0.4, 0.5) is 4.39 Å². The third-order valence-corrected chi connectivity index (χ3v) is 3.69. The van der Waals surface area contributed by atoms with E-state index in [1.54, 1.807) is 13.0 Å². The molecule has 1 rings (SSSR count). The molecule has 0 fully saturated rings. The van der Waals surface area contributed by atoms with E-state index in [0.717, 1.165) is 0 Å². The van der Waals surface area contributed by atoms with Gasteiger partial charge in [-0.05, 0) is 24.1 Å². The number of hydrogen-bond acceptors (Lipinski definition) is 3. The zero-order valence-electron chi connectivity index (χ0n) is 12.5. The zero-order chi connectivity index (χ0) is 16.7. The molecular weight excluding hydrogens is 330 g/mol. The summed E-state index contributed by atoms with van der Waals surface area (Å²) in [4.78, 5) is 16.0. The van der Waals surface area contributed by atoms with Crippen molar-refractivity contribution in [1.29, 1.82) is 0 Å². The topological polar surface area (TPSA) is 50.7 Å². The second kappa shape index (κ2) is 8.76. The van der Waals surface area contributed by atoms with Gasteiger partial charge in [0.05, 0.1) is 12.7 Å². The molecule has 0 saturated carbocycles. The molecule has 0 bridgehead atoms. The van der Waals surface area contributed by atoms with E-state index in [2.05, 4.69) is 10.3 Å². The maximum atomic E-state index is 13.6. The second-order valence-corrected chi connectivity index (χ2v) is 5.11. The molecule has 120 valence electrons. The minimum Gasteiger partial charge on any atom is -0.494 e. The van der Waals surface area contributed by atoms with E-state index in [4.69, 9.17) is 27.9 Å². The minimum atomic E-state index is -0.496. The maximum absolute atomic E-state index is 13.6. The molecule has 0 radical (unpaired) electrons. The number of nitrogens with zero attached hydrogens (tertiary/aromatic N) is 1. The van der Waals surface area contributed by atoms with Gasteiger partial charge in [-0.3, -0.25) is 9.79 Å². The lowest BCUT2D eigenvalue weighted by molar-refractivity contribution is -0.117. The lowest BCUT2D eigenvalue weighted by Crippen LogP contribution is -2.27. The number of benzene rings is 1. The van der Waals surface area contributed by atoms with Gasteiger partial charge in [-0.2, -0.15) is 0 Å². The van der Waals surface area contributed by atoms with E-state index in [1.165, 1.54) is 26.3 Å². The summed E-state index contributed by atoms with van der Waals surface area (Å²) in [6.07, 6.45) is 0.452. The minimum absolute atomic E-state index is 0.0326. The summed E-state index contributed by atoms with van der Waals surface area (Å²) in [5.74, 6) is -0.811. The van der Waals surface area contributed by atoms with Gasteiger partial charge in [0.2, 0.25) is 0 Å². The number of amides is 1. The van der Waals surface area contributed by atoms with E-state index in [1.807, 2.05) is 0 Å². The average Bonchev–Trinajstić information content (AvgIpc) is 2.52. The van der Waals surface area contributed by atoms with Crippen LogP contribution >= 0.6 is 23.2 Å². The highest BCUT2D eigenvalue weighted by Gasteiger charge is 2.18. The first kappa shape index (κ1) is 18.5. The third-order valence-electron chi connectivity index (χ3n) is 2.88. The van der Waals surface area contributed by atoms with Crippen LogP contribution in [0.1, 0.15) is 18.9 Å². The monoisotopic (exact) mass is 346 g/mol. The largest absolute Gasteiger partial charge is 0.494 e. The van der Waals surface area contributed by atoms with E-state index >= 15 is 0 Å². The number of halogens is 3. The Labute approximate surface area is 139 Å². The van der Waals surface area contributed by atoms with Crippen molar-refractivity contribution in [3.63, 3.8) is 0 Å². The van der Waals surface area contributed by atoms with Crippen LogP contribution in [-0.4, -0.2) is 25.2 Å². The molecule has 22 heavy (non-hydrogen) atoms. The number of hydrogen-bond donors (Lipinski definition) is 1. The summed E-state index contributed by atoms with van der Waals surface area (Å²) in [6, 6.07) is 4.44. The summed E-state index contributed by atoms with van der Waals surface area (Å²) >= 11 is 11.9. The fraction of sp³-hybridized carbons (Fsp3) is 0.333. The van der Waals surface area contributed by atoms with Gasteiger partial charge in [-0.25, -0.2) is 4.39 Å². The second-order valence-electron chi connectivity index (χ2n) is 4.30. The highest BCUT2D eigenvalue weighted by molar-refractivity contribution is 6.73. The van der Waals surface area contributed by atoms with Crippen molar-refractivity contribution in [1.82, 2.24) is 5.32 Å². The molecule has 1 N–H and O–H groups in total. The number of ether oxygens (including phenoxy) is 1. The first-order valence-electron chi connectivity index (χ1n) is 6.56. The van der Waals surface area contributed by atoms with Crippen molar-refractivity contribution in [2.75, 3.05) is 14.2 Å². The van der Waals surface area contributed by atoms with Crippen molar-refractivity contribution < 1.29 is 13.9 Å². The number of carbonyl (C=O) groups excluding carboxylic acids is 1. The van der Waals surface area contributed by atoms with Crippen molar-refractivity contribution in [3.8, 4) is 5.75 Å². The quantitative estimate of drug-likeness (QED) is 0.631. The molecule has 0 heterocycles. The standard InChI is InChI=1S/C15H17Cl2FN2O2/c1-4-10(16)13(14(17)19-2)15(21)20-8-9-5-6-12(22-3)11(18)7-9/h5-7H,4,8H2,1-3H3,(H,20,21)/b13-10-,19-14?. The van der Waals surface area contributed by atoms with E-state index in [-0.39, 0.29) is 23.0 Å². The molecule has 7 heteroatoms. The van der Waals surface area contributed by atoms with Crippen LogP contribution in [-0.2, 0) is 11.3 Å². The van der Waals surface area contributed by atoms with E-state index in [0.29, 0.717) is 17.0 Å². The lowest BCUT2D eigenvalue weighted by Gasteiger charge is -2.10. The van der Waals surface area contributed by atoms with Crippen LogP contribution in [0, 0.1) is 5.82 Å². The highest BCUT2D eigenvalue weighted by Crippen LogP contribution is 2.19. The summed E-state index contributed by atoms with van der Waals surface area (Å²) in [7, 11) is 2.85. The summed E-state index contributed by atoms with van der Waals surface area (Å²) in [6.45, 7) is 1.93. The van der Waals surface area contributed by atoms with Crippen LogP contribution in [0.2, 0.25) is 0 Å². The Balaban J connectivity index is 2.86. The van der Waals surface area contributed by atoms with Gasteiger partial charge in [0, 0.05) is 18.6 Å². The first-order chi connectivity index (χ1) is 10.4. The van der Waals surface area contributed by atoms with Crippen LogP contribution < -0.4 is 10.1 Å². The van der Waals surface area contributed by atoms with Gasteiger partial charge in [-0.15, -0.1) is 0 Å². The van der Waals surface area contributed by atoms with Gasteiger partial charge in [0.15, 0.2) is 11.6 Å². The Morgan fingerprint density at radius 2 is 2.09 bits per heavy atom. The first-order valence-corrected chi connectivity index (χ1v) is 7.32. The molecule has 0 saturated heterocycles. The number of aliphatic imine (C=N–C) groups is 1. The Morgan fingerprint density at radius 3 is 2.59 bits per heavy atom. The normalized spacial score (nSPS) is 12.7. The van der Waals surface area contributed by atoms with Gasteiger partial charge in [0.1, 0.15) is 5.17 Å². The van der Waals surface area contributed by atoms with Crippen LogP contribution in [0.15, 0.2) is 33.8 Å². The SMILES string of the molecule is CC/C(Cl)=C(/C(=O)NCc1ccc(OC)c(F)c1)C(Cl)=NC. The van der Waals surface area contributed by atoms with Crippen molar-refractivity contribution in [2.45, 2.75) is 19.9 Å². The Bertz CT molecular complexity index is 616. The number of carbonyl (C=O) groups is 1. The van der Waals surface area contributed by atoms with Crippen molar-refractivity contribution in [2.24, 2.45) is 4.99 Å². The average molecular weight is 347 g/mol. The highest BCUT2D eigenvalue weighted by atomic mass is 35.5. The molecule has 1 aromatic carbocycles. The Hall–Kier alpha value is -1.59. The third kappa shape index (κ3) is 4.71. The van der Waals surface area contributed by atoms with Crippen LogP contribution in [0.3, 0.4) is 0 Å². The van der Waals surface area contributed by atoms with Gasteiger partial charge >= 0.3 is 0 Å². The number of rotatable bonds is 6. The smallest absolute Gasteiger partial charge is 0.255 e. The van der Waals surface area contributed by atoms with Gasteiger partial charge in [0.25, 0.3) is 5.91 Å². The molecule has 0 aliphatic heterocycles. The number of nitrogens with one attached hydrogen (secondary N) is 1. The zero-order valence-corrected chi connectivity index (χ0v) is 14.1. The summed E-state index contributed by atoms with van der Waals surface area (Å²) in [5, 5.41) is 2.99. The molecule has 4 nitrogen and oxygen atoms in total. The number of allylic oxidation sites excluding steroid dienone is 1. The predicted octanol–water partition coefficient (Wildman–Crippen LogP) is 3.62. The lowest BCUT2D eigenvalue weighted by atomic mass is 10.2. The van der Waals surface area contributed by atoms with E-state index in [9.17, 15) is 9.18 Å².